The molecule has 0 saturated heterocycles. The molecule has 1 aliphatic carbocycles. The molecule has 2 N–H and O–H groups in total. The molecule has 1 heterocycles. The second-order valence-electron chi connectivity index (χ2n) is 4.87. The smallest absolute Gasteiger partial charge is 0.233 e. The fourth-order valence-corrected chi connectivity index (χ4v) is 2.55. The minimum Gasteiger partial charge on any atom is -0.339 e. The van der Waals surface area contributed by atoms with Crippen molar-refractivity contribution >= 4 is 23.2 Å². The van der Waals surface area contributed by atoms with Crippen LogP contribution in [0, 0.1) is 0 Å². The number of nitrogens with two attached hydrogens (primary N) is 1. The Bertz CT molecular complexity index is 654. The van der Waals surface area contributed by atoms with E-state index in [0.717, 1.165) is 12.0 Å². The van der Waals surface area contributed by atoms with Gasteiger partial charge in [-0.3, -0.25) is 0 Å². The average Bonchev–Trinajstić information content (AvgIpc) is 3.03. The van der Waals surface area contributed by atoms with Crippen LogP contribution >= 0.6 is 23.2 Å². The van der Waals surface area contributed by atoms with Crippen molar-refractivity contribution in [2.75, 3.05) is 0 Å². The standard InChI is InChI=1S/C14H13Cl2N3O/c15-11-4-1-8(5-12(11)16)6-13-18-14(20-19-13)9-2-3-10(17)7-9/h1-5,9-10H,6-7,17H2. The highest BCUT2D eigenvalue weighted by atomic mass is 35.5. The lowest BCUT2D eigenvalue weighted by Gasteiger charge is -2.02. The molecule has 0 bridgehead atoms. The predicted molar refractivity (Wildman–Crippen MR) is 78.0 cm³/mol. The van der Waals surface area contributed by atoms with Crippen LogP contribution in [-0.2, 0) is 6.42 Å². The highest BCUT2D eigenvalue weighted by Crippen LogP contribution is 2.27. The molecule has 0 fully saturated rings. The van der Waals surface area contributed by atoms with E-state index in [2.05, 4.69) is 10.1 Å². The normalized spacial score (nSPS) is 21.6. The molecule has 0 radical (unpaired) electrons. The van der Waals surface area contributed by atoms with E-state index in [4.69, 9.17) is 33.5 Å². The van der Waals surface area contributed by atoms with E-state index >= 15 is 0 Å². The van der Waals surface area contributed by atoms with Crippen molar-refractivity contribution in [3.8, 4) is 0 Å². The van der Waals surface area contributed by atoms with Crippen molar-refractivity contribution in [2.45, 2.75) is 24.8 Å². The minimum atomic E-state index is 0.0745. The predicted octanol–water partition coefficient (Wildman–Crippen LogP) is 3.34. The molecule has 6 heteroatoms. The Balaban J connectivity index is 1.74. The first-order valence-electron chi connectivity index (χ1n) is 6.32. The van der Waals surface area contributed by atoms with Crippen LogP contribution in [0.3, 0.4) is 0 Å². The first kappa shape index (κ1) is 13.6. The van der Waals surface area contributed by atoms with Crippen LogP contribution in [0.15, 0.2) is 34.9 Å². The summed E-state index contributed by atoms with van der Waals surface area (Å²) in [6.07, 6.45) is 5.35. The topological polar surface area (TPSA) is 64.9 Å². The molecule has 2 atom stereocenters. The van der Waals surface area contributed by atoms with Crippen molar-refractivity contribution in [3.05, 3.63) is 57.7 Å². The Hall–Kier alpha value is -1.36. The van der Waals surface area contributed by atoms with E-state index in [0.29, 0.717) is 28.2 Å². The minimum absolute atomic E-state index is 0.0745. The van der Waals surface area contributed by atoms with Crippen molar-refractivity contribution < 1.29 is 4.52 Å². The molecule has 0 spiro atoms. The van der Waals surface area contributed by atoms with Gasteiger partial charge in [-0.2, -0.15) is 4.98 Å². The summed E-state index contributed by atoms with van der Waals surface area (Å²) in [6, 6.07) is 5.55. The van der Waals surface area contributed by atoms with Gasteiger partial charge in [-0.1, -0.05) is 46.6 Å². The van der Waals surface area contributed by atoms with Gasteiger partial charge in [-0.15, -0.1) is 0 Å². The zero-order valence-corrected chi connectivity index (χ0v) is 12.1. The first-order valence-corrected chi connectivity index (χ1v) is 7.08. The van der Waals surface area contributed by atoms with Gasteiger partial charge < -0.3 is 10.3 Å². The van der Waals surface area contributed by atoms with E-state index in [1.807, 2.05) is 24.3 Å². The SMILES string of the molecule is NC1C=CC(c2nc(Cc3ccc(Cl)c(Cl)c3)no2)C1. The Kier molecular flexibility index (Phi) is 3.78. The van der Waals surface area contributed by atoms with Crippen LogP contribution in [-0.4, -0.2) is 16.2 Å². The second kappa shape index (κ2) is 5.56. The number of allylic oxidation sites excluding steroid dienone is 1. The average molecular weight is 310 g/mol. The zero-order chi connectivity index (χ0) is 14.1. The molecule has 2 aromatic rings. The van der Waals surface area contributed by atoms with Crippen LogP contribution in [0.5, 0.6) is 0 Å². The number of nitrogens with zero attached hydrogens (tertiary/aromatic N) is 2. The summed E-state index contributed by atoms with van der Waals surface area (Å²) in [6.45, 7) is 0. The summed E-state index contributed by atoms with van der Waals surface area (Å²) in [4.78, 5) is 4.41. The van der Waals surface area contributed by atoms with Crippen molar-refractivity contribution in [1.29, 1.82) is 0 Å². The third kappa shape index (κ3) is 2.87. The summed E-state index contributed by atoms with van der Waals surface area (Å²) < 4.78 is 5.30. The van der Waals surface area contributed by atoms with Crippen LogP contribution in [0.1, 0.15) is 29.6 Å². The summed E-state index contributed by atoms with van der Waals surface area (Å²) in [5.41, 5.74) is 6.81. The summed E-state index contributed by atoms with van der Waals surface area (Å²) >= 11 is 11.9. The molecule has 20 heavy (non-hydrogen) atoms. The fourth-order valence-electron chi connectivity index (χ4n) is 2.23. The highest BCUT2D eigenvalue weighted by molar-refractivity contribution is 6.42. The zero-order valence-electron chi connectivity index (χ0n) is 10.6. The lowest BCUT2D eigenvalue weighted by molar-refractivity contribution is 0.360. The Morgan fingerprint density at radius 1 is 1.25 bits per heavy atom. The summed E-state index contributed by atoms with van der Waals surface area (Å²) in [5.74, 6) is 1.37. The van der Waals surface area contributed by atoms with Crippen molar-refractivity contribution in [3.63, 3.8) is 0 Å². The molecule has 0 amide bonds. The van der Waals surface area contributed by atoms with E-state index in [1.165, 1.54) is 0 Å². The van der Waals surface area contributed by atoms with Crippen LogP contribution in [0.4, 0.5) is 0 Å². The molecular weight excluding hydrogens is 297 g/mol. The van der Waals surface area contributed by atoms with E-state index < -0.39 is 0 Å². The molecule has 0 saturated carbocycles. The maximum atomic E-state index is 5.99. The lowest BCUT2D eigenvalue weighted by Crippen LogP contribution is -2.14. The molecule has 1 aliphatic rings. The Morgan fingerprint density at radius 2 is 2.10 bits per heavy atom. The molecule has 0 aliphatic heterocycles. The van der Waals surface area contributed by atoms with Gasteiger partial charge in [-0.05, 0) is 24.1 Å². The number of halogens is 2. The highest BCUT2D eigenvalue weighted by Gasteiger charge is 2.23. The van der Waals surface area contributed by atoms with Crippen molar-refractivity contribution in [1.82, 2.24) is 10.1 Å². The van der Waals surface area contributed by atoms with Gasteiger partial charge in [0.2, 0.25) is 5.89 Å². The van der Waals surface area contributed by atoms with E-state index in [1.54, 1.807) is 6.07 Å². The number of aromatic nitrogens is 2. The summed E-state index contributed by atoms with van der Waals surface area (Å²) in [5, 5.41) is 5.06. The van der Waals surface area contributed by atoms with Gasteiger partial charge in [0.25, 0.3) is 0 Å². The van der Waals surface area contributed by atoms with Gasteiger partial charge in [0.15, 0.2) is 5.82 Å². The van der Waals surface area contributed by atoms with Gasteiger partial charge in [-0.25, -0.2) is 0 Å². The maximum Gasteiger partial charge on any atom is 0.233 e. The largest absolute Gasteiger partial charge is 0.339 e. The Labute approximate surface area is 126 Å². The van der Waals surface area contributed by atoms with Crippen LogP contribution < -0.4 is 5.73 Å². The fraction of sp³-hybridized carbons (Fsp3) is 0.286. The lowest BCUT2D eigenvalue weighted by atomic mass is 10.1. The van der Waals surface area contributed by atoms with Crippen molar-refractivity contribution in [2.24, 2.45) is 5.73 Å². The van der Waals surface area contributed by atoms with Gasteiger partial charge >= 0.3 is 0 Å². The number of hydrogen-bond donors (Lipinski definition) is 1. The van der Waals surface area contributed by atoms with Gasteiger partial charge in [0, 0.05) is 12.5 Å². The third-order valence-corrected chi connectivity index (χ3v) is 4.00. The molecule has 3 rings (SSSR count). The molecular formula is C14H13Cl2N3O. The summed E-state index contributed by atoms with van der Waals surface area (Å²) in [7, 11) is 0. The first-order chi connectivity index (χ1) is 9.61. The maximum absolute atomic E-state index is 5.99. The quantitative estimate of drug-likeness (QED) is 0.883. The van der Waals surface area contributed by atoms with Crippen LogP contribution in [0.25, 0.3) is 0 Å². The number of hydrogen-bond acceptors (Lipinski definition) is 4. The van der Waals surface area contributed by atoms with E-state index in [-0.39, 0.29) is 12.0 Å². The monoisotopic (exact) mass is 309 g/mol. The van der Waals surface area contributed by atoms with Gasteiger partial charge in [0.1, 0.15) is 0 Å². The van der Waals surface area contributed by atoms with E-state index in [9.17, 15) is 0 Å². The number of rotatable bonds is 3. The third-order valence-electron chi connectivity index (χ3n) is 3.26. The van der Waals surface area contributed by atoms with Gasteiger partial charge in [0.05, 0.1) is 16.0 Å². The molecule has 104 valence electrons. The molecule has 1 aromatic carbocycles. The molecule has 2 unspecified atom stereocenters. The van der Waals surface area contributed by atoms with Crippen LogP contribution in [0.2, 0.25) is 10.0 Å². The molecule has 4 nitrogen and oxygen atoms in total. The Morgan fingerprint density at radius 3 is 2.80 bits per heavy atom. The second-order valence-corrected chi connectivity index (χ2v) is 5.68. The molecule has 1 aromatic heterocycles. The number of benzene rings is 1.